The summed E-state index contributed by atoms with van der Waals surface area (Å²) in [5, 5.41) is 0.529. The number of pyridine rings is 1. The topological polar surface area (TPSA) is 42.4 Å². The van der Waals surface area contributed by atoms with Gasteiger partial charge in [0.25, 0.3) is 5.91 Å². The van der Waals surface area contributed by atoms with Crippen LogP contribution in [0, 0.1) is 13.8 Å². The van der Waals surface area contributed by atoms with E-state index in [0.717, 1.165) is 18.6 Å². The van der Waals surface area contributed by atoms with Crippen molar-refractivity contribution in [3.8, 4) is 5.75 Å². The van der Waals surface area contributed by atoms with Crippen molar-refractivity contribution in [2.45, 2.75) is 32.8 Å². The molecule has 1 saturated heterocycles. The first kappa shape index (κ1) is 16.8. The number of ether oxygens (including phenoxy) is 1. The minimum Gasteiger partial charge on any atom is -0.490 e. The Hall–Kier alpha value is -2.07. The van der Waals surface area contributed by atoms with Crippen LogP contribution in [0.3, 0.4) is 0 Å². The van der Waals surface area contributed by atoms with Gasteiger partial charge in [-0.05, 0) is 49.2 Å². The predicted molar refractivity (Wildman–Crippen MR) is 94.7 cm³/mol. The van der Waals surface area contributed by atoms with Crippen molar-refractivity contribution in [1.29, 1.82) is 0 Å². The Bertz CT molecular complexity index is 740. The van der Waals surface area contributed by atoms with E-state index in [1.807, 2.05) is 11.0 Å². The summed E-state index contributed by atoms with van der Waals surface area (Å²) in [6, 6.07) is 9.44. The highest BCUT2D eigenvalue weighted by atomic mass is 35.5. The summed E-state index contributed by atoms with van der Waals surface area (Å²) in [5.41, 5.74) is 2.89. The number of hydrogen-bond acceptors (Lipinski definition) is 3. The van der Waals surface area contributed by atoms with Crippen molar-refractivity contribution >= 4 is 17.5 Å². The van der Waals surface area contributed by atoms with E-state index in [2.05, 4.69) is 31.0 Å². The highest BCUT2D eigenvalue weighted by molar-refractivity contribution is 6.30. The van der Waals surface area contributed by atoms with E-state index >= 15 is 0 Å². The van der Waals surface area contributed by atoms with Crippen LogP contribution < -0.4 is 4.74 Å². The van der Waals surface area contributed by atoms with Crippen LogP contribution in [0.4, 0.5) is 0 Å². The van der Waals surface area contributed by atoms with Gasteiger partial charge >= 0.3 is 0 Å². The molecule has 1 aromatic carbocycles. The van der Waals surface area contributed by atoms with Gasteiger partial charge in [0, 0.05) is 37.2 Å². The first-order valence-corrected chi connectivity index (χ1v) is 8.55. The lowest BCUT2D eigenvalue weighted by Gasteiger charge is -2.32. The van der Waals surface area contributed by atoms with Gasteiger partial charge in [-0.1, -0.05) is 17.7 Å². The van der Waals surface area contributed by atoms with Crippen LogP contribution >= 0.6 is 11.6 Å². The van der Waals surface area contributed by atoms with Crippen molar-refractivity contribution in [3.63, 3.8) is 0 Å². The van der Waals surface area contributed by atoms with Gasteiger partial charge in [0.05, 0.1) is 0 Å². The van der Waals surface area contributed by atoms with E-state index in [0.29, 0.717) is 23.8 Å². The maximum atomic E-state index is 12.5. The molecule has 0 saturated carbocycles. The Morgan fingerprint density at radius 1 is 1.17 bits per heavy atom. The largest absolute Gasteiger partial charge is 0.490 e. The molecule has 0 atom stereocenters. The van der Waals surface area contributed by atoms with Gasteiger partial charge in [-0.15, -0.1) is 0 Å². The van der Waals surface area contributed by atoms with Crippen LogP contribution in [0.2, 0.25) is 5.02 Å². The summed E-state index contributed by atoms with van der Waals surface area (Å²) in [4.78, 5) is 18.4. The van der Waals surface area contributed by atoms with Crippen LogP contribution in [0.5, 0.6) is 5.75 Å². The zero-order chi connectivity index (χ0) is 17.1. The van der Waals surface area contributed by atoms with Gasteiger partial charge in [0.1, 0.15) is 17.5 Å². The minimum atomic E-state index is -0.0675. The number of nitrogens with zero attached hydrogens (tertiary/aromatic N) is 2. The summed E-state index contributed by atoms with van der Waals surface area (Å²) < 4.78 is 6.07. The molecule has 2 aromatic rings. The van der Waals surface area contributed by atoms with Gasteiger partial charge in [0.15, 0.2) is 0 Å². The maximum Gasteiger partial charge on any atom is 0.272 e. The molecule has 126 valence electrons. The van der Waals surface area contributed by atoms with E-state index in [1.54, 1.807) is 18.3 Å². The molecule has 0 N–H and O–H groups in total. The molecule has 0 bridgehead atoms. The van der Waals surface area contributed by atoms with E-state index in [-0.39, 0.29) is 12.0 Å². The highest BCUT2D eigenvalue weighted by Gasteiger charge is 2.25. The van der Waals surface area contributed by atoms with Crippen molar-refractivity contribution in [2.24, 2.45) is 0 Å². The molecule has 1 aliphatic heterocycles. The first-order chi connectivity index (χ1) is 11.5. The minimum absolute atomic E-state index is 0.0675. The SMILES string of the molecule is Cc1ccc(OC2CCN(C(=O)c3cc(Cl)ccn3)CC2)cc1C. The van der Waals surface area contributed by atoms with Crippen molar-refractivity contribution in [1.82, 2.24) is 9.88 Å². The van der Waals surface area contributed by atoms with Crippen LogP contribution in [0.1, 0.15) is 34.5 Å². The Morgan fingerprint density at radius 3 is 2.58 bits per heavy atom. The Balaban J connectivity index is 1.57. The maximum absolute atomic E-state index is 12.5. The van der Waals surface area contributed by atoms with Gasteiger partial charge in [-0.2, -0.15) is 0 Å². The highest BCUT2D eigenvalue weighted by Crippen LogP contribution is 2.22. The van der Waals surface area contributed by atoms with Gasteiger partial charge in [-0.25, -0.2) is 0 Å². The second-order valence-corrected chi connectivity index (χ2v) is 6.65. The average Bonchev–Trinajstić information content (AvgIpc) is 2.58. The summed E-state index contributed by atoms with van der Waals surface area (Å²) >= 11 is 5.93. The third-order valence-electron chi connectivity index (χ3n) is 4.45. The molecule has 0 spiro atoms. The molecule has 3 rings (SSSR count). The zero-order valence-electron chi connectivity index (χ0n) is 14.0. The number of rotatable bonds is 3. The number of likely N-dealkylation sites (tertiary alicyclic amines) is 1. The predicted octanol–water partition coefficient (Wildman–Crippen LogP) is 4.04. The number of amides is 1. The molecule has 0 unspecified atom stereocenters. The van der Waals surface area contributed by atoms with Crippen LogP contribution in [-0.2, 0) is 0 Å². The van der Waals surface area contributed by atoms with Crippen molar-refractivity contribution in [3.05, 3.63) is 58.4 Å². The Labute approximate surface area is 147 Å². The number of piperidine rings is 1. The average molecular weight is 345 g/mol. The van der Waals surface area contributed by atoms with Gasteiger partial charge < -0.3 is 9.64 Å². The summed E-state index contributed by atoms with van der Waals surface area (Å²) in [7, 11) is 0. The summed E-state index contributed by atoms with van der Waals surface area (Å²) in [6.45, 7) is 5.51. The van der Waals surface area contributed by atoms with Crippen molar-refractivity contribution in [2.75, 3.05) is 13.1 Å². The van der Waals surface area contributed by atoms with Gasteiger partial charge in [-0.3, -0.25) is 9.78 Å². The van der Waals surface area contributed by atoms with Crippen LogP contribution in [0.15, 0.2) is 36.5 Å². The van der Waals surface area contributed by atoms with Crippen molar-refractivity contribution < 1.29 is 9.53 Å². The first-order valence-electron chi connectivity index (χ1n) is 8.17. The quantitative estimate of drug-likeness (QED) is 0.844. The molecule has 1 fully saturated rings. The molecular formula is C19H21ClN2O2. The fourth-order valence-electron chi connectivity index (χ4n) is 2.84. The second kappa shape index (κ2) is 7.22. The number of aromatic nitrogens is 1. The standard InChI is InChI=1S/C19H21ClN2O2/c1-13-3-4-17(11-14(13)2)24-16-6-9-22(10-7-16)19(23)18-12-15(20)5-8-21-18/h3-5,8,11-12,16H,6-7,9-10H2,1-2H3. The molecule has 1 amide bonds. The normalized spacial score (nSPS) is 15.4. The smallest absolute Gasteiger partial charge is 0.272 e. The number of halogens is 1. The lowest BCUT2D eigenvalue weighted by atomic mass is 10.1. The molecule has 1 aromatic heterocycles. The fraction of sp³-hybridized carbons (Fsp3) is 0.368. The van der Waals surface area contributed by atoms with E-state index in [4.69, 9.17) is 16.3 Å². The second-order valence-electron chi connectivity index (χ2n) is 6.21. The number of carbonyl (C=O) groups is 1. The lowest BCUT2D eigenvalue weighted by molar-refractivity contribution is 0.0590. The van der Waals surface area contributed by atoms with E-state index in [9.17, 15) is 4.79 Å². The molecule has 1 aliphatic rings. The molecule has 4 nitrogen and oxygen atoms in total. The third kappa shape index (κ3) is 3.88. The molecular weight excluding hydrogens is 324 g/mol. The molecule has 2 heterocycles. The van der Waals surface area contributed by atoms with E-state index < -0.39 is 0 Å². The fourth-order valence-corrected chi connectivity index (χ4v) is 3.00. The van der Waals surface area contributed by atoms with Gasteiger partial charge in [0.2, 0.25) is 0 Å². The Morgan fingerprint density at radius 2 is 1.92 bits per heavy atom. The van der Waals surface area contributed by atoms with E-state index in [1.165, 1.54) is 11.1 Å². The molecule has 0 radical (unpaired) electrons. The molecule has 0 aliphatic carbocycles. The summed E-state index contributed by atoms with van der Waals surface area (Å²) in [6.07, 6.45) is 3.34. The third-order valence-corrected chi connectivity index (χ3v) is 4.69. The monoisotopic (exact) mass is 344 g/mol. The molecule has 5 heteroatoms. The molecule has 24 heavy (non-hydrogen) atoms. The Kier molecular flexibility index (Phi) is 5.05. The lowest BCUT2D eigenvalue weighted by Crippen LogP contribution is -2.42. The summed E-state index contributed by atoms with van der Waals surface area (Å²) in [5.74, 6) is 0.835. The zero-order valence-corrected chi connectivity index (χ0v) is 14.7. The van der Waals surface area contributed by atoms with Crippen LogP contribution in [0.25, 0.3) is 0 Å². The number of hydrogen-bond donors (Lipinski definition) is 0. The number of carbonyl (C=O) groups excluding carboxylic acids is 1. The number of benzene rings is 1. The van der Waals surface area contributed by atoms with Crippen LogP contribution in [-0.4, -0.2) is 35.0 Å². The number of aryl methyl sites for hydroxylation is 2.